The van der Waals surface area contributed by atoms with Gasteiger partial charge in [-0.1, -0.05) is 17.6 Å². The molecular weight excluding hydrogens is 259 g/mol. The summed E-state index contributed by atoms with van der Waals surface area (Å²) in [5, 5.41) is 10.9. The average Bonchev–Trinajstić information content (AvgIpc) is 2.46. The van der Waals surface area contributed by atoms with Crippen molar-refractivity contribution < 1.29 is 14.5 Å². The first kappa shape index (κ1) is 14.3. The van der Waals surface area contributed by atoms with Gasteiger partial charge in [0, 0.05) is 30.8 Å². The van der Waals surface area contributed by atoms with Gasteiger partial charge in [-0.3, -0.25) is 14.9 Å². The predicted octanol–water partition coefficient (Wildman–Crippen LogP) is 0.261. The van der Waals surface area contributed by atoms with E-state index in [1.54, 1.807) is 11.0 Å². The Labute approximate surface area is 117 Å². The molecule has 20 heavy (non-hydrogen) atoms. The molecule has 0 spiro atoms. The van der Waals surface area contributed by atoms with Gasteiger partial charge in [0.05, 0.1) is 18.1 Å². The Hall–Kier alpha value is -2.15. The van der Waals surface area contributed by atoms with Crippen LogP contribution in [0.25, 0.3) is 6.08 Å². The van der Waals surface area contributed by atoms with Crippen molar-refractivity contribution in [1.82, 2.24) is 4.90 Å². The Bertz CT molecular complexity index is 553. The molecule has 1 fully saturated rings. The Morgan fingerprint density at radius 2 is 2.10 bits per heavy atom. The van der Waals surface area contributed by atoms with E-state index in [1.165, 1.54) is 24.3 Å². The number of rotatable bonds is 3. The van der Waals surface area contributed by atoms with Crippen LogP contribution in [0, 0.1) is 10.1 Å². The molecule has 0 atom stereocenters. The highest BCUT2D eigenvalue weighted by atomic mass is 16.6. The molecule has 0 aliphatic carbocycles. The molecule has 1 aliphatic heterocycles. The Kier molecular flexibility index (Phi) is 4.52. The zero-order valence-electron chi connectivity index (χ0n) is 10.8. The summed E-state index contributed by atoms with van der Waals surface area (Å²) in [6.45, 7) is 2.06. The third kappa shape index (κ3) is 3.24. The number of hydrogen-bond donors (Lipinski definition) is 0. The quantitative estimate of drug-likeness (QED) is 0.342. The number of hydrogen-bond acceptors (Lipinski definition) is 4. The predicted molar refractivity (Wildman–Crippen MR) is 74.9 cm³/mol. The monoisotopic (exact) mass is 272 g/mol. The molecule has 0 N–H and O–H groups in total. The zero-order chi connectivity index (χ0) is 14.5. The lowest BCUT2D eigenvalue weighted by Crippen LogP contribution is -2.39. The molecule has 1 aliphatic rings. The maximum Gasteiger partial charge on any atom is 0.275 e. The number of ether oxygens (including phenoxy) is 1. The van der Waals surface area contributed by atoms with E-state index >= 15 is 0 Å². The number of nitro benzene ring substituents is 1. The maximum absolute atomic E-state index is 11.9. The molecule has 2 rings (SSSR count). The van der Waals surface area contributed by atoms with Gasteiger partial charge in [-0.25, -0.2) is 0 Å². The summed E-state index contributed by atoms with van der Waals surface area (Å²) >= 11 is 0. The van der Waals surface area contributed by atoms with Crippen LogP contribution in [-0.2, 0) is 9.53 Å². The van der Waals surface area contributed by atoms with Gasteiger partial charge in [-0.2, -0.15) is 0 Å². The fourth-order valence-corrected chi connectivity index (χ4v) is 1.95. The van der Waals surface area contributed by atoms with E-state index < -0.39 is 4.92 Å². The summed E-state index contributed by atoms with van der Waals surface area (Å²) in [6, 6.07) is 4.43. The van der Waals surface area contributed by atoms with E-state index in [1.807, 2.05) is 0 Å². The molecule has 1 saturated heterocycles. The molecule has 7 heteroatoms. The fraction of sp³-hybridized carbons (Fsp3) is 0.308. The molecule has 102 valence electrons. The number of amides is 1. The minimum Gasteiger partial charge on any atom is -0.378 e. The maximum atomic E-state index is 11.9. The van der Waals surface area contributed by atoms with E-state index in [4.69, 9.17) is 12.6 Å². The van der Waals surface area contributed by atoms with Crippen molar-refractivity contribution in [2.24, 2.45) is 0 Å². The second-order valence-corrected chi connectivity index (χ2v) is 4.31. The summed E-state index contributed by atoms with van der Waals surface area (Å²) in [5.74, 6) is -0.203. The number of nitro groups is 1. The van der Waals surface area contributed by atoms with Crippen LogP contribution >= 0.6 is 0 Å². The van der Waals surface area contributed by atoms with Gasteiger partial charge in [0.2, 0.25) is 5.91 Å². The summed E-state index contributed by atoms with van der Waals surface area (Å²) < 4.78 is 5.16. The van der Waals surface area contributed by atoms with Crippen LogP contribution in [0.5, 0.6) is 0 Å². The van der Waals surface area contributed by atoms with Crippen LogP contribution in [0.3, 0.4) is 0 Å². The molecule has 6 nitrogen and oxygen atoms in total. The van der Waals surface area contributed by atoms with Gasteiger partial charge in [0.1, 0.15) is 7.85 Å². The Morgan fingerprint density at radius 3 is 2.75 bits per heavy atom. The molecule has 1 aromatic rings. The smallest absolute Gasteiger partial charge is 0.275 e. The van der Waals surface area contributed by atoms with Crippen molar-refractivity contribution in [1.29, 1.82) is 0 Å². The number of carbonyl (C=O) groups is 1. The van der Waals surface area contributed by atoms with Crippen molar-refractivity contribution in [3.8, 4) is 0 Å². The number of nitrogens with zero attached hydrogens (tertiary/aromatic N) is 2. The van der Waals surface area contributed by atoms with Crippen LogP contribution < -0.4 is 5.46 Å². The van der Waals surface area contributed by atoms with Crippen molar-refractivity contribution in [2.75, 3.05) is 26.3 Å². The van der Waals surface area contributed by atoms with Crippen LogP contribution in [0.15, 0.2) is 24.3 Å². The van der Waals surface area contributed by atoms with Gasteiger partial charge < -0.3 is 9.64 Å². The van der Waals surface area contributed by atoms with E-state index in [0.29, 0.717) is 26.3 Å². The molecule has 0 saturated carbocycles. The lowest BCUT2D eigenvalue weighted by Gasteiger charge is -2.25. The molecular formula is C13H13BN2O4. The highest BCUT2D eigenvalue weighted by Gasteiger charge is 2.16. The second-order valence-electron chi connectivity index (χ2n) is 4.31. The SMILES string of the molecule is [B]c1cccc([N+](=O)[O-])c1/C=C/C(=O)N1CCOCC1. The standard InChI is InChI=1S/C13H13BN2O4/c14-11-2-1-3-12(16(18)19)10(11)4-5-13(17)15-6-8-20-9-7-15/h1-5H,6-9H2/b5-4+. The molecule has 0 bridgehead atoms. The molecule has 2 radical (unpaired) electrons. The highest BCUT2D eigenvalue weighted by Crippen LogP contribution is 2.17. The van der Waals surface area contributed by atoms with Gasteiger partial charge >= 0.3 is 0 Å². The number of morpholine rings is 1. The van der Waals surface area contributed by atoms with E-state index in [2.05, 4.69) is 0 Å². The van der Waals surface area contributed by atoms with Crippen LogP contribution in [0.4, 0.5) is 5.69 Å². The summed E-state index contributed by atoms with van der Waals surface area (Å²) in [4.78, 5) is 24.0. The second kappa shape index (κ2) is 6.34. The first-order valence-electron chi connectivity index (χ1n) is 6.17. The van der Waals surface area contributed by atoms with Crippen LogP contribution in [-0.4, -0.2) is 49.9 Å². The number of benzene rings is 1. The lowest BCUT2D eigenvalue weighted by atomic mass is 9.89. The molecule has 0 aromatic heterocycles. The average molecular weight is 272 g/mol. The zero-order valence-corrected chi connectivity index (χ0v) is 10.8. The van der Waals surface area contributed by atoms with Gasteiger partial charge in [0.15, 0.2) is 0 Å². The fourth-order valence-electron chi connectivity index (χ4n) is 1.95. The third-order valence-electron chi connectivity index (χ3n) is 3.03. The van der Waals surface area contributed by atoms with Gasteiger partial charge in [-0.15, -0.1) is 0 Å². The topological polar surface area (TPSA) is 72.7 Å². The Morgan fingerprint density at radius 1 is 1.40 bits per heavy atom. The highest BCUT2D eigenvalue weighted by molar-refractivity contribution is 6.34. The lowest BCUT2D eigenvalue weighted by molar-refractivity contribution is -0.385. The summed E-state index contributed by atoms with van der Waals surface area (Å²) in [7, 11) is 5.72. The summed E-state index contributed by atoms with van der Waals surface area (Å²) in [6.07, 6.45) is 2.70. The van der Waals surface area contributed by atoms with Crippen LogP contribution in [0.1, 0.15) is 5.56 Å². The summed E-state index contributed by atoms with van der Waals surface area (Å²) in [5.41, 5.74) is 0.403. The van der Waals surface area contributed by atoms with E-state index in [9.17, 15) is 14.9 Å². The third-order valence-corrected chi connectivity index (χ3v) is 3.03. The van der Waals surface area contributed by atoms with Gasteiger partial charge in [-0.05, 0) is 6.08 Å². The molecule has 1 amide bonds. The van der Waals surface area contributed by atoms with E-state index in [-0.39, 0.29) is 22.6 Å². The van der Waals surface area contributed by atoms with E-state index in [0.717, 1.165) is 0 Å². The minimum atomic E-state index is -0.519. The molecule has 1 heterocycles. The Balaban J connectivity index is 2.18. The van der Waals surface area contributed by atoms with Gasteiger partial charge in [0.25, 0.3) is 5.69 Å². The first-order chi connectivity index (χ1) is 9.59. The van der Waals surface area contributed by atoms with Crippen LogP contribution in [0.2, 0.25) is 0 Å². The normalized spacial score (nSPS) is 15.5. The first-order valence-corrected chi connectivity index (χ1v) is 6.17. The van der Waals surface area contributed by atoms with Crippen molar-refractivity contribution in [2.45, 2.75) is 0 Å². The van der Waals surface area contributed by atoms with Crippen molar-refractivity contribution >= 4 is 31.0 Å². The minimum absolute atomic E-state index is 0.115. The molecule has 1 aromatic carbocycles. The van der Waals surface area contributed by atoms with Crippen molar-refractivity contribution in [3.05, 3.63) is 40.0 Å². The van der Waals surface area contributed by atoms with Crippen molar-refractivity contribution in [3.63, 3.8) is 0 Å². The number of carbonyl (C=O) groups excluding carboxylic acids is 1. The largest absolute Gasteiger partial charge is 0.378 e. The molecule has 0 unspecified atom stereocenters.